The number of aromatic amines is 1. The molecule has 0 bridgehead atoms. The van der Waals surface area contributed by atoms with Crippen LogP contribution < -0.4 is 0 Å². The van der Waals surface area contributed by atoms with E-state index in [9.17, 15) is 0 Å². The van der Waals surface area contributed by atoms with E-state index >= 15 is 0 Å². The average Bonchev–Trinajstić information content (AvgIpc) is 2.72. The highest BCUT2D eigenvalue weighted by atomic mass is 35.5. The molecule has 2 aromatic heterocycles. The summed E-state index contributed by atoms with van der Waals surface area (Å²) in [4.78, 5) is 4.15. The molecule has 8 heteroatoms. The van der Waals surface area contributed by atoms with Gasteiger partial charge in [0.2, 0.25) is 9.62 Å². The van der Waals surface area contributed by atoms with E-state index in [0.29, 0.717) is 15.4 Å². The summed E-state index contributed by atoms with van der Waals surface area (Å²) >= 11 is 8.52. The molecule has 0 aliphatic carbocycles. The summed E-state index contributed by atoms with van der Waals surface area (Å²) in [5.74, 6) is 1.50. The number of halogens is 1. The maximum atomic E-state index is 5.64. The molecule has 0 amide bonds. The van der Waals surface area contributed by atoms with Crippen LogP contribution in [0.1, 0.15) is 10.8 Å². The van der Waals surface area contributed by atoms with E-state index in [-0.39, 0.29) is 0 Å². The summed E-state index contributed by atoms with van der Waals surface area (Å²) in [5.41, 5.74) is 0. The van der Waals surface area contributed by atoms with Crippen LogP contribution in [0.4, 0.5) is 0 Å². The minimum atomic E-state index is 0.465. The van der Waals surface area contributed by atoms with Gasteiger partial charge in [-0.25, -0.2) is 4.98 Å². The molecule has 0 fully saturated rings. The van der Waals surface area contributed by atoms with E-state index in [1.807, 2.05) is 6.92 Å². The van der Waals surface area contributed by atoms with E-state index in [2.05, 4.69) is 25.4 Å². The Morgan fingerprint density at radius 2 is 2.36 bits per heavy atom. The Kier molecular flexibility index (Phi) is 2.99. The molecule has 2 heterocycles. The smallest absolute Gasteiger partial charge is 0.208 e. The molecule has 2 rings (SSSR count). The van der Waals surface area contributed by atoms with Crippen molar-refractivity contribution in [2.75, 3.05) is 0 Å². The van der Waals surface area contributed by atoms with Crippen LogP contribution in [0.2, 0.25) is 4.47 Å². The quantitative estimate of drug-likeness (QED) is 0.840. The van der Waals surface area contributed by atoms with Crippen LogP contribution in [-0.4, -0.2) is 25.4 Å². The predicted octanol–water partition coefficient (Wildman–Crippen LogP) is 1.91. The number of hydrogen-bond acceptors (Lipinski definition) is 6. The fourth-order valence-electron chi connectivity index (χ4n) is 0.804. The van der Waals surface area contributed by atoms with Crippen molar-refractivity contribution in [3.05, 3.63) is 15.3 Å². The number of hydrogen-bond donors (Lipinski definition) is 1. The Balaban J connectivity index is 1.94. The van der Waals surface area contributed by atoms with Crippen LogP contribution in [-0.2, 0) is 5.75 Å². The van der Waals surface area contributed by atoms with E-state index in [1.54, 1.807) is 0 Å². The van der Waals surface area contributed by atoms with Crippen LogP contribution in [0.3, 0.4) is 0 Å². The molecule has 0 saturated carbocycles. The fraction of sp³-hybridized carbons (Fsp3) is 0.333. The Hall–Kier alpha value is -0.660. The highest BCUT2D eigenvalue weighted by molar-refractivity contribution is 7.98. The lowest BCUT2D eigenvalue weighted by Crippen LogP contribution is -1.80. The third-order valence-corrected chi connectivity index (χ3v) is 3.40. The van der Waals surface area contributed by atoms with Crippen molar-refractivity contribution in [2.24, 2.45) is 0 Å². The Morgan fingerprint density at radius 3 is 2.93 bits per heavy atom. The number of aromatic nitrogens is 5. The van der Waals surface area contributed by atoms with Crippen molar-refractivity contribution in [1.29, 1.82) is 0 Å². The maximum absolute atomic E-state index is 5.64. The second kappa shape index (κ2) is 4.24. The van der Waals surface area contributed by atoms with E-state index in [1.165, 1.54) is 23.1 Å². The molecule has 74 valence electrons. The van der Waals surface area contributed by atoms with Crippen molar-refractivity contribution < 1.29 is 0 Å². The van der Waals surface area contributed by atoms with Gasteiger partial charge >= 0.3 is 0 Å². The van der Waals surface area contributed by atoms with Crippen LogP contribution in [0.15, 0.2) is 5.16 Å². The molecule has 0 aliphatic heterocycles. The minimum absolute atomic E-state index is 0.465. The molecule has 0 radical (unpaired) electrons. The van der Waals surface area contributed by atoms with Crippen LogP contribution in [0.5, 0.6) is 0 Å². The molecule has 0 atom stereocenters. The maximum Gasteiger partial charge on any atom is 0.208 e. The summed E-state index contributed by atoms with van der Waals surface area (Å²) in [7, 11) is 0. The molecule has 5 nitrogen and oxygen atoms in total. The van der Waals surface area contributed by atoms with Gasteiger partial charge in [0, 0.05) is 0 Å². The zero-order valence-electron chi connectivity index (χ0n) is 7.19. The standard InChI is InChI=1S/C6H6ClN5S2/c1-3-8-6(12-9-3)13-2-4-10-11-5(7)14-4/h2H2,1H3,(H,8,9,12). The molecule has 0 saturated heterocycles. The number of rotatable bonds is 3. The molecule has 2 aromatic rings. The Bertz CT molecular complexity index is 385. The molecule has 0 aliphatic rings. The molecular formula is C6H6ClN5S2. The van der Waals surface area contributed by atoms with Crippen molar-refractivity contribution >= 4 is 34.7 Å². The number of thioether (sulfide) groups is 1. The van der Waals surface area contributed by atoms with Crippen molar-refractivity contribution in [2.45, 2.75) is 17.8 Å². The van der Waals surface area contributed by atoms with Gasteiger partial charge in [-0.3, -0.25) is 5.10 Å². The third-order valence-electron chi connectivity index (χ3n) is 1.34. The van der Waals surface area contributed by atoms with Gasteiger partial charge in [0.15, 0.2) is 0 Å². The topological polar surface area (TPSA) is 67.3 Å². The minimum Gasteiger partial charge on any atom is -0.262 e. The average molecular weight is 248 g/mol. The summed E-state index contributed by atoms with van der Waals surface area (Å²) in [5, 5.41) is 15.9. The first-order valence-electron chi connectivity index (χ1n) is 3.74. The zero-order chi connectivity index (χ0) is 9.97. The predicted molar refractivity (Wildman–Crippen MR) is 55.6 cm³/mol. The summed E-state index contributed by atoms with van der Waals surface area (Å²) in [6.45, 7) is 1.86. The van der Waals surface area contributed by atoms with Gasteiger partial charge in [0.1, 0.15) is 10.8 Å². The number of nitrogens with one attached hydrogen (secondary N) is 1. The highest BCUT2D eigenvalue weighted by Crippen LogP contribution is 2.23. The second-order valence-corrected chi connectivity index (χ2v) is 5.03. The largest absolute Gasteiger partial charge is 0.262 e. The molecule has 0 unspecified atom stereocenters. The first kappa shape index (κ1) is 9.88. The number of aryl methyl sites for hydroxylation is 1. The molecule has 1 N–H and O–H groups in total. The van der Waals surface area contributed by atoms with Crippen molar-refractivity contribution in [3.63, 3.8) is 0 Å². The zero-order valence-corrected chi connectivity index (χ0v) is 9.58. The van der Waals surface area contributed by atoms with Gasteiger partial charge in [-0.15, -0.1) is 15.3 Å². The fourth-order valence-corrected chi connectivity index (χ4v) is 2.50. The Labute approximate surface area is 93.3 Å². The summed E-state index contributed by atoms with van der Waals surface area (Å²) < 4.78 is 0.465. The Morgan fingerprint density at radius 1 is 1.50 bits per heavy atom. The number of H-pyrrole nitrogens is 1. The molecule has 0 aromatic carbocycles. The van der Waals surface area contributed by atoms with E-state index in [0.717, 1.165) is 10.8 Å². The second-order valence-electron chi connectivity index (χ2n) is 2.44. The van der Waals surface area contributed by atoms with Gasteiger partial charge in [0.05, 0.1) is 5.75 Å². The summed E-state index contributed by atoms with van der Waals surface area (Å²) in [6, 6.07) is 0. The summed E-state index contributed by atoms with van der Waals surface area (Å²) in [6.07, 6.45) is 0. The third kappa shape index (κ3) is 2.43. The highest BCUT2D eigenvalue weighted by Gasteiger charge is 2.05. The van der Waals surface area contributed by atoms with Crippen molar-refractivity contribution in [3.8, 4) is 0 Å². The van der Waals surface area contributed by atoms with Gasteiger partial charge in [-0.05, 0) is 18.5 Å². The lowest BCUT2D eigenvalue weighted by atomic mass is 10.8. The SMILES string of the molecule is Cc1nc(SCc2nnc(Cl)s2)n[nH]1. The first-order chi connectivity index (χ1) is 6.74. The van der Waals surface area contributed by atoms with E-state index < -0.39 is 0 Å². The van der Waals surface area contributed by atoms with Gasteiger partial charge in [0.25, 0.3) is 0 Å². The van der Waals surface area contributed by atoms with Crippen molar-refractivity contribution in [1.82, 2.24) is 25.4 Å². The lowest BCUT2D eigenvalue weighted by molar-refractivity contribution is 0.966. The monoisotopic (exact) mass is 247 g/mol. The molecule has 0 spiro atoms. The molecular weight excluding hydrogens is 242 g/mol. The van der Waals surface area contributed by atoms with Gasteiger partial charge < -0.3 is 0 Å². The molecule has 14 heavy (non-hydrogen) atoms. The van der Waals surface area contributed by atoms with Crippen LogP contribution in [0, 0.1) is 6.92 Å². The lowest BCUT2D eigenvalue weighted by Gasteiger charge is -1.89. The number of nitrogens with zero attached hydrogens (tertiary/aromatic N) is 4. The van der Waals surface area contributed by atoms with E-state index in [4.69, 9.17) is 11.6 Å². The van der Waals surface area contributed by atoms with Gasteiger partial charge in [-0.1, -0.05) is 23.1 Å². The van der Waals surface area contributed by atoms with Gasteiger partial charge in [-0.2, -0.15) is 0 Å². The normalized spacial score (nSPS) is 10.7. The van der Waals surface area contributed by atoms with Crippen LogP contribution in [0.25, 0.3) is 0 Å². The first-order valence-corrected chi connectivity index (χ1v) is 5.92. The van der Waals surface area contributed by atoms with Crippen LogP contribution >= 0.6 is 34.7 Å².